The lowest BCUT2D eigenvalue weighted by Crippen LogP contribution is -2.30. The average Bonchev–Trinajstić information content (AvgIpc) is 3.19. The van der Waals surface area contributed by atoms with E-state index in [0.717, 1.165) is 44.9 Å². The summed E-state index contributed by atoms with van der Waals surface area (Å²) in [6.07, 6.45) is 4.08. The molecule has 3 heterocycles. The molecule has 4 aromatic carbocycles. The standard InChI is InChI=1S/C24H28N4O2.C19H15N3O2/c1-5-16(2)15-26-24(30)22-20(11-8-14-25-22)27-23(29)19-12-13-21(28(3)4)18-10-7-6-9-17(18)19;1-22(2)16-10-9-14(12-6-3-4-7-13(12)16)18-21-15-8-5-11-20-17(15)19(23)24-18/h6-14,16H,5,15H2,1-4H3,(H,26,30)(H,27,29);3-11H,1-2H3. The van der Waals surface area contributed by atoms with Gasteiger partial charge in [-0.25, -0.2) is 19.7 Å². The van der Waals surface area contributed by atoms with E-state index in [2.05, 4.69) is 50.4 Å². The van der Waals surface area contributed by atoms with Crippen molar-refractivity contribution in [3.05, 3.63) is 131 Å². The molecule has 0 spiro atoms. The van der Waals surface area contributed by atoms with E-state index in [1.54, 1.807) is 36.7 Å². The molecule has 0 saturated carbocycles. The van der Waals surface area contributed by atoms with Crippen LogP contribution in [0.15, 0.2) is 119 Å². The van der Waals surface area contributed by atoms with Crippen molar-refractivity contribution >= 4 is 61.5 Å². The first-order chi connectivity index (χ1) is 26.1. The van der Waals surface area contributed by atoms with Crippen molar-refractivity contribution in [1.82, 2.24) is 20.3 Å². The molecular weight excluding hydrogens is 679 g/mol. The lowest BCUT2D eigenvalue weighted by molar-refractivity contribution is 0.0944. The summed E-state index contributed by atoms with van der Waals surface area (Å²) in [6.45, 7) is 4.72. The van der Waals surface area contributed by atoms with Crippen molar-refractivity contribution in [2.75, 3.05) is 49.9 Å². The van der Waals surface area contributed by atoms with Gasteiger partial charge in [-0.1, -0.05) is 68.8 Å². The fraction of sp³-hybridized carbons (Fsp3) is 0.209. The van der Waals surface area contributed by atoms with Crippen LogP contribution in [-0.4, -0.2) is 61.5 Å². The molecule has 0 aliphatic heterocycles. The van der Waals surface area contributed by atoms with Crippen LogP contribution in [0.1, 0.15) is 41.1 Å². The van der Waals surface area contributed by atoms with E-state index < -0.39 is 5.63 Å². The van der Waals surface area contributed by atoms with Crippen LogP contribution in [0.5, 0.6) is 0 Å². The van der Waals surface area contributed by atoms with Crippen molar-refractivity contribution in [1.29, 1.82) is 0 Å². The van der Waals surface area contributed by atoms with E-state index >= 15 is 0 Å². The molecule has 274 valence electrons. The molecule has 1 unspecified atom stereocenters. The Balaban J connectivity index is 0.000000188. The summed E-state index contributed by atoms with van der Waals surface area (Å²) in [5.41, 5.74) is 4.38. The number of hydrogen-bond acceptors (Lipinski definition) is 9. The van der Waals surface area contributed by atoms with Gasteiger partial charge in [-0.15, -0.1) is 0 Å². The number of hydrogen-bond donors (Lipinski definition) is 2. The zero-order chi connectivity index (χ0) is 38.4. The third-order valence-electron chi connectivity index (χ3n) is 9.21. The fourth-order valence-corrected chi connectivity index (χ4v) is 6.13. The topological polar surface area (TPSA) is 134 Å². The van der Waals surface area contributed by atoms with Gasteiger partial charge in [-0.3, -0.25) is 9.59 Å². The second-order valence-corrected chi connectivity index (χ2v) is 13.4. The number of carbonyl (C=O) groups is 2. The van der Waals surface area contributed by atoms with Gasteiger partial charge in [-0.2, -0.15) is 0 Å². The lowest BCUT2D eigenvalue weighted by Gasteiger charge is -2.18. The number of anilines is 3. The Labute approximate surface area is 313 Å². The summed E-state index contributed by atoms with van der Waals surface area (Å²) in [4.78, 5) is 54.7. The number of nitrogens with one attached hydrogen (secondary N) is 2. The second kappa shape index (κ2) is 16.4. The molecular formula is C43H43N7O4. The predicted molar refractivity (Wildman–Crippen MR) is 218 cm³/mol. The number of benzene rings is 4. The molecule has 1 atom stereocenters. The number of amides is 2. The molecule has 0 aliphatic carbocycles. The summed E-state index contributed by atoms with van der Waals surface area (Å²) in [7, 11) is 7.95. The van der Waals surface area contributed by atoms with Crippen LogP contribution in [0, 0.1) is 5.92 Å². The Morgan fingerprint density at radius 2 is 1.33 bits per heavy atom. The van der Waals surface area contributed by atoms with Crippen LogP contribution in [0.3, 0.4) is 0 Å². The van der Waals surface area contributed by atoms with Crippen LogP contribution < -0.4 is 26.1 Å². The number of nitrogens with zero attached hydrogens (tertiary/aromatic N) is 5. The number of carbonyl (C=O) groups excluding carboxylic acids is 2. The summed E-state index contributed by atoms with van der Waals surface area (Å²) >= 11 is 0. The van der Waals surface area contributed by atoms with Crippen LogP contribution in [0.4, 0.5) is 17.1 Å². The first-order valence-corrected chi connectivity index (χ1v) is 17.8. The molecule has 7 rings (SSSR count). The first kappa shape index (κ1) is 37.1. The Kier molecular flexibility index (Phi) is 11.3. The minimum absolute atomic E-state index is 0.211. The Morgan fingerprint density at radius 3 is 2.02 bits per heavy atom. The number of pyridine rings is 2. The molecule has 0 fully saturated rings. The highest BCUT2D eigenvalue weighted by Crippen LogP contribution is 2.34. The highest BCUT2D eigenvalue weighted by molar-refractivity contribution is 6.16. The minimum Gasteiger partial charge on any atom is -0.402 e. The minimum atomic E-state index is -0.476. The predicted octanol–water partition coefficient (Wildman–Crippen LogP) is 7.80. The quantitative estimate of drug-likeness (QED) is 0.153. The van der Waals surface area contributed by atoms with E-state index in [9.17, 15) is 14.4 Å². The molecule has 0 radical (unpaired) electrons. The van der Waals surface area contributed by atoms with E-state index in [0.29, 0.717) is 35.1 Å². The van der Waals surface area contributed by atoms with Gasteiger partial charge in [0.15, 0.2) is 11.2 Å². The first-order valence-electron chi connectivity index (χ1n) is 17.8. The number of aromatic nitrogens is 3. The van der Waals surface area contributed by atoms with Crippen LogP contribution in [0.2, 0.25) is 0 Å². The largest absolute Gasteiger partial charge is 0.402 e. The average molecular weight is 722 g/mol. The van der Waals surface area contributed by atoms with Crippen molar-refractivity contribution in [3.8, 4) is 11.5 Å². The Bertz CT molecular complexity index is 2530. The van der Waals surface area contributed by atoms with Gasteiger partial charge in [0.2, 0.25) is 5.89 Å². The molecule has 54 heavy (non-hydrogen) atoms. The number of rotatable bonds is 9. The van der Waals surface area contributed by atoms with Crippen LogP contribution >= 0.6 is 0 Å². The summed E-state index contributed by atoms with van der Waals surface area (Å²) < 4.78 is 5.44. The molecule has 2 N–H and O–H groups in total. The zero-order valence-electron chi connectivity index (χ0n) is 31.3. The van der Waals surface area contributed by atoms with Gasteiger partial charge in [0.25, 0.3) is 11.8 Å². The van der Waals surface area contributed by atoms with Gasteiger partial charge >= 0.3 is 5.63 Å². The maximum Gasteiger partial charge on any atom is 0.365 e. The van der Waals surface area contributed by atoms with Crippen molar-refractivity contribution < 1.29 is 14.0 Å². The maximum atomic E-state index is 13.1. The highest BCUT2D eigenvalue weighted by atomic mass is 16.4. The zero-order valence-corrected chi connectivity index (χ0v) is 31.3. The van der Waals surface area contributed by atoms with Crippen molar-refractivity contribution in [2.24, 2.45) is 5.92 Å². The van der Waals surface area contributed by atoms with Gasteiger partial charge in [0.05, 0.1) is 5.69 Å². The monoisotopic (exact) mass is 721 g/mol. The van der Waals surface area contributed by atoms with Crippen LogP contribution in [0.25, 0.3) is 44.0 Å². The smallest absolute Gasteiger partial charge is 0.365 e. The molecule has 0 aliphatic rings. The van der Waals surface area contributed by atoms with Gasteiger partial charge < -0.3 is 24.9 Å². The van der Waals surface area contributed by atoms with E-state index in [-0.39, 0.29) is 23.0 Å². The molecule has 11 heteroatoms. The fourth-order valence-electron chi connectivity index (χ4n) is 6.13. The van der Waals surface area contributed by atoms with Gasteiger partial charge in [0, 0.05) is 80.4 Å². The van der Waals surface area contributed by atoms with Crippen LogP contribution in [-0.2, 0) is 0 Å². The Hall–Kier alpha value is -6.62. The molecule has 2 amide bonds. The van der Waals surface area contributed by atoms with Gasteiger partial charge in [0.1, 0.15) is 5.52 Å². The second-order valence-electron chi connectivity index (χ2n) is 13.4. The van der Waals surface area contributed by atoms with E-state index in [4.69, 9.17) is 4.42 Å². The molecule has 3 aromatic heterocycles. The summed E-state index contributed by atoms with van der Waals surface area (Å²) in [5.74, 6) is 0.110. The molecule has 7 aromatic rings. The maximum absolute atomic E-state index is 13.1. The van der Waals surface area contributed by atoms with Gasteiger partial charge in [-0.05, 0) is 65.2 Å². The SMILES string of the molecule is CCC(C)CNC(=O)c1ncccc1NC(=O)c1ccc(N(C)C)c2ccccc12.CN(C)c1ccc(-c2nc3cccnc3c(=O)o2)c2ccccc12. The Morgan fingerprint density at radius 1 is 0.722 bits per heavy atom. The lowest BCUT2D eigenvalue weighted by atomic mass is 10.0. The third-order valence-corrected chi connectivity index (χ3v) is 9.21. The highest BCUT2D eigenvalue weighted by Gasteiger charge is 2.19. The molecule has 11 nitrogen and oxygen atoms in total. The normalized spacial score (nSPS) is 11.4. The van der Waals surface area contributed by atoms with Crippen molar-refractivity contribution in [3.63, 3.8) is 0 Å². The molecule has 0 saturated heterocycles. The molecule has 0 bridgehead atoms. The number of fused-ring (bicyclic) bond motifs is 3. The van der Waals surface area contributed by atoms with E-state index in [1.807, 2.05) is 99.8 Å². The summed E-state index contributed by atoms with van der Waals surface area (Å²) in [5, 5.41) is 9.68. The van der Waals surface area contributed by atoms with E-state index in [1.165, 1.54) is 0 Å². The third kappa shape index (κ3) is 7.90. The van der Waals surface area contributed by atoms with Crippen molar-refractivity contribution in [2.45, 2.75) is 20.3 Å². The summed E-state index contributed by atoms with van der Waals surface area (Å²) in [6, 6.07) is 30.4.